The minimum absolute atomic E-state index is 0.0218. The molecule has 0 bridgehead atoms. The topological polar surface area (TPSA) is 66.1 Å². The highest BCUT2D eigenvalue weighted by Gasteiger charge is 2.22. The lowest BCUT2D eigenvalue weighted by Gasteiger charge is -2.38. The van der Waals surface area contributed by atoms with Crippen LogP contribution >= 0.6 is 0 Å². The van der Waals surface area contributed by atoms with Crippen LogP contribution in [0.15, 0.2) is 59.6 Å². The molecule has 156 valence electrons. The van der Waals surface area contributed by atoms with E-state index in [9.17, 15) is 0 Å². The third-order valence-electron chi connectivity index (χ3n) is 5.24. The molecular formula is C23H33N5O. The highest BCUT2D eigenvalue weighted by atomic mass is 16.5. The van der Waals surface area contributed by atoms with Crippen molar-refractivity contribution in [2.75, 3.05) is 56.6 Å². The Labute approximate surface area is 174 Å². The van der Waals surface area contributed by atoms with Crippen molar-refractivity contribution in [3.63, 3.8) is 0 Å². The number of anilines is 2. The molecule has 0 aliphatic carbocycles. The number of benzene rings is 2. The number of aliphatic imine (C=N–C) groups is 1. The number of hydrogen-bond donors (Lipinski definition) is 2. The van der Waals surface area contributed by atoms with Gasteiger partial charge in [0.15, 0.2) is 5.96 Å². The molecule has 3 rings (SSSR count). The van der Waals surface area contributed by atoms with Crippen LogP contribution in [0.5, 0.6) is 5.75 Å². The number of nitrogens with one attached hydrogen (secondary N) is 1. The maximum absolute atomic E-state index is 5.91. The van der Waals surface area contributed by atoms with Gasteiger partial charge in [0.05, 0.1) is 7.11 Å². The molecule has 1 heterocycles. The Morgan fingerprint density at radius 2 is 1.79 bits per heavy atom. The Hall–Kier alpha value is -2.73. The van der Waals surface area contributed by atoms with Crippen LogP contribution in [0.1, 0.15) is 13.8 Å². The smallest absolute Gasteiger partial charge is 0.198 e. The maximum Gasteiger partial charge on any atom is 0.198 e. The Balaban J connectivity index is 1.70. The van der Waals surface area contributed by atoms with Gasteiger partial charge < -0.3 is 25.6 Å². The summed E-state index contributed by atoms with van der Waals surface area (Å²) in [5, 5.41) is 3.51. The van der Waals surface area contributed by atoms with Gasteiger partial charge in [0.2, 0.25) is 0 Å². The zero-order valence-corrected chi connectivity index (χ0v) is 17.8. The Bertz CT molecular complexity index is 798. The van der Waals surface area contributed by atoms with Gasteiger partial charge in [0, 0.05) is 50.2 Å². The zero-order valence-electron chi connectivity index (χ0n) is 17.8. The third-order valence-corrected chi connectivity index (χ3v) is 5.24. The number of rotatable bonds is 6. The molecular weight excluding hydrogens is 362 g/mol. The number of hydrogen-bond acceptors (Lipinski definition) is 4. The van der Waals surface area contributed by atoms with E-state index in [0.717, 1.165) is 43.6 Å². The number of piperazine rings is 1. The average molecular weight is 396 g/mol. The van der Waals surface area contributed by atoms with Crippen molar-refractivity contribution < 1.29 is 4.74 Å². The second kappa shape index (κ2) is 9.65. The fraction of sp³-hybridized carbons (Fsp3) is 0.435. The van der Waals surface area contributed by atoms with Crippen molar-refractivity contribution >= 4 is 17.3 Å². The first-order valence-corrected chi connectivity index (χ1v) is 10.2. The number of ether oxygens (including phenoxy) is 1. The van der Waals surface area contributed by atoms with Gasteiger partial charge in [-0.2, -0.15) is 0 Å². The standard InChI is InChI=1S/C23H33N5O/c1-23(2,17-24)18-25-22(26-19-8-5-4-6-9-19)28-14-12-27(13-15-28)20-10-7-11-21(16-20)29-3/h4-11,16H,12-15,17-18,24H2,1-3H3,(H,25,26). The van der Waals surface area contributed by atoms with E-state index in [1.54, 1.807) is 7.11 Å². The summed E-state index contributed by atoms with van der Waals surface area (Å²) < 4.78 is 5.37. The molecule has 2 aromatic rings. The average Bonchev–Trinajstić information content (AvgIpc) is 2.77. The van der Waals surface area contributed by atoms with E-state index in [1.807, 2.05) is 30.3 Å². The highest BCUT2D eigenvalue weighted by Crippen LogP contribution is 2.22. The molecule has 1 saturated heterocycles. The Morgan fingerprint density at radius 3 is 2.45 bits per heavy atom. The molecule has 0 amide bonds. The summed E-state index contributed by atoms with van der Waals surface area (Å²) in [5.41, 5.74) is 8.13. The summed E-state index contributed by atoms with van der Waals surface area (Å²) in [7, 11) is 1.71. The number of para-hydroxylation sites is 1. The lowest BCUT2D eigenvalue weighted by molar-refractivity contribution is 0.368. The summed E-state index contributed by atoms with van der Waals surface area (Å²) in [5.74, 6) is 1.81. The predicted octanol–water partition coefficient (Wildman–Crippen LogP) is 3.27. The fourth-order valence-corrected chi connectivity index (χ4v) is 3.21. The Morgan fingerprint density at radius 1 is 1.07 bits per heavy atom. The Kier molecular flexibility index (Phi) is 6.99. The van der Waals surface area contributed by atoms with Gasteiger partial charge in [-0.25, -0.2) is 0 Å². The minimum atomic E-state index is -0.0218. The molecule has 29 heavy (non-hydrogen) atoms. The monoisotopic (exact) mass is 395 g/mol. The summed E-state index contributed by atoms with van der Waals surface area (Å²) >= 11 is 0. The van der Waals surface area contributed by atoms with Crippen LogP contribution in [0, 0.1) is 5.41 Å². The van der Waals surface area contributed by atoms with Gasteiger partial charge in [-0.05, 0) is 36.2 Å². The molecule has 1 aliphatic heterocycles. The quantitative estimate of drug-likeness (QED) is 0.580. The molecule has 6 nitrogen and oxygen atoms in total. The van der Waals surface area contributed by atoms with Crippen molar-refractivity contribution in [3.05, 3.63) is 54.6 Å². The van der Waals surface area contributed by atoms with E-state index in [1.165, 1.54) is 5.69 Å². The molecule has 0 saturated carbocycles. The van der Waals surface area contributed by atoms with Gasteiger partial charge in [0.1, 0.15) is 5.75 Å². The number of guanidine groups is 1. The molecule has 1 fully saturated rings. The van der Waals surface area contributed by atoms with Crippen molar-refractivity contribution in [1.82, 2.24) is 4.90 Å². The second-order valence-electron chi connectivity index (χ2n) is 8.17. The maximum atomic E-state index is 5.91. The van der Waals surface area contributed by atoms with Crippen LogP contribution in [0.25, 0.3) is 0 Å². The van der Waals surface area contributed by atoms with Crippen LogP contribution < -0.4 is 20.7 Å². The van der Waals surface area contributed by atoms with Crippen LogP contribution in [0.3, 0.4) is 0 Å². The zero-order chi connectivity index (χ0) is 20.7. The van der Waals surface area contributed by atoms with Gasteiger partial charge in [-0.1, -0.05) is 38.1 Å². The van der Waals surface area contributed by atoms with Crippen molar-refractivity contribution in [3.8, 4) is 5.75 Å². The molecule has 1 aliphatic rings. The van der Waals surface area contributed by atoms with Gasteiger partial charge >= 0.3 is 0 Å². The summed E-state index contributed by atoms with van der Waals surface area (Å²) in [6, 6.07) is 18.5. The van der Waals surface area contributed by atoms with E-state index in [-0.39, 0.29) is 5.41 Å². The number of nitrogens with zero attached hydrogens (tertiary/aromatic N) is 3. The fourth-order valence-electron chi connectivity index (χ4n) is 3.21. The lowest BCUT2D eigenvalue weighted by Crippen LogP contribution is -2.51. The van der Waals surface area contributed by atoms with Crippen molar-refractivity contribution in [1.29, 1.82) is 0 Å². The van der Waals surface area contributed by atoms with Crippen LogP contribution in [0.2, 0.25) is 0 Å². The van der Waals surface area contributed by atoms with Gasteiger partial charge in [0.25, 0.3) is 0 Å². The summed E-state index contributed by atoms with van der Waals surface area (Å²) in [6.45, 7) is 9.27. The van der Waals surface area contributed by atoms with Crippen LogP contribution in [0.4, 0.5) is 11.4 Å². The molecule has 0 aromatic heterocycles. The highest BCUT2D eigenvalue weighted by molar-refractivity contribution is 5.93. The first-order chi connectivity index (χ1) is 14.0. The van der Waals surface area contributed by atoms with E-state index in [4.69, 9.17) is 15.5 Å². The first kappa shape index (κ1) is 21.0. The van der Waals surface area contributed by atoms with Crippen LogP contribution in [-0.2, 0) is 0 Å². The van der Waals surface area contributed by atoms with Crippen molar-refractivity contribution in [2.45, 2.75) is 13.8 Å². The molecule has 0 unspecified atom stereocenters. The molecule has 0 spiro atoms. The molecule has 0 radical (unpaired) electrons. The van der Waals surface area contributed by atoms with E-state index < -0.39 is 0 Å². The molecule has 6 heteroatoms. The number of nitrogens with two attached hydrogens (primary N) is 1. The molecule has 3 N–H and O–H groups in total. The minimum Gasteiger partial charge on any atom is -0.497 e. The van der Waals surface area contributed by atoms with Crippen molar-refractivity contribution in [2.24, 2.45) is 16.1 Å². The van der Waals surface area contributed by atoms with Gasteiger partial charge in [-0.15, -0.1) is 0 Å². The van der Waals surface area contributed by atoms with E-state index in [2.05, 4.69) is 53.2 Å². The first-order valence-electron chi connectivity index (χ1n) is 10.2. The summed E-state index contributed by atoms with van der Waals surface area (Å²) in [4.78, 5) is 9.64. The SMILES string of the molecule is COc1cccc(N2CCN(C(=NCC(C)(C)CN)Nc3ccccc3)CC2)c1. The molecule has 2 aromatic carbocycles. The largest absolute Gasteiger partial charge is 0.497 e. The molecule has 0 atom stereocenters. The normalized spacial score (nSPS) is 15.4. The third kappa shape index (κ3) is 5.87. The number of methoxy groups -OCH3 is 1. The lowest BCUT2D eigenvalue weighted by atomic mass is 9.94. The van der Waals surface area contributed by atoms with Gasteiger partial charge in [-0.3, -0.25) is 4.99 Å². The van der Waals surface area contributed by atoms with E-state index in [0.29, 0.717) is 13.1 Å². The van der Waals surface area contributed by atoms with E-state index >= 15 is 0 Å². The second-order valence-corrected chi connectivity index (χ2v) is 8.17. The van der Waals surface area contributed by atoms with Crippen LogP contribution in [-0.4, -0.2) is 57.2 Å². The predicted molar refractivity (Wildman–Crippen MR) is 122 cm³/mol. The summed E-state index contributed by atoms with van der Waals surface area (Å²) in [6.07, 6.45) is 0.